The molecule has 0 atom stereocenters. The van der Waals surface area contributed by atoms with Gasteiger partial charge in [0.2, 0.25) is 0 Å². The largest absolute Gasteiger partial charge is 3.00 e. The van der Waals surface area contributed by atoms with Crippen molar-refractivity contribution in [2.45, 2.75) is 13.2 Å². The molecule has 8 nitrogen and oxygen atoms in total. The van der Waals surface area contributed by atoms with Crippen molar-refractivity contribution in [2.75, 3.05) is 14.2 Å². The maximum absolute atomic E-state index is 6.25. The van der Waals surface area contributed by atoms with E-state index in [2.05, 4.69) is 9.47 Å². The van der Waals surface area contributed by atoms with Crippen LogP contribution in [0.25, 0.3) is 0 Å². The Morgan fingerprint density at radius 2 is 0.682 bits per heavy atom. The second-order valence-electron chi connectivity index (χ2n) is 1.04. The first-order valence-electron chi connectivity index (χ1n) is 3.21. The molecular weight excluding hydrogens is 461 g/mol. The number of nitrogens with zero attached hydrogens (tertiary/aromatic N) is 6. The summed E-state index contributed by atoms with van der Waals surface area (Å²) in [5, 5.41) is 37.5. The van der Waals surface area contributed by atoms with Crippen LogP contribution >= 0.6 is 0 Å². The van der Waals surface area contributed by atoms with Gasteiger partial charge in [0, 0.05) is 14.2 Å². The molecule has 0 aromatic carbocycles. The van der Waals surface area contributed by atoms with Gasteiger partial charge in [0.1, 0.15) is 0 Å². The van der Waals surface area contributed by atoms with Crippen LogP contribution in [0.2, 0.25) is 0 Å². The zero-order valence-electron chi connectivity index (χ0n) is 12.2. The summed E-state index contributed by atoms with van der Waals surface area (Å²) in [6.07, 6.45) is -0.0648. The molecule has 0 fully saturated rings. The number of ether oxygens (including phenoxy) is 2. The minimum atomic E-state index is -0.0648. The van der Waals surface area contributed by atoms with E-state index in [1.807, 2.05) is 6.92 Å². The average Bonchev–Trinajstić information content (AvgIpc) is 2.57. The molecule has 0 saturated heterocycles. The molecule has 0 amide bonds. The fraction of sp³-hybridized carbons (Fsp3) is 0.400. The summed E-state index contributed by atoms with van der Waals surface area (Å²) in [7, 11) is 3.21. The van der Waals surface area contributed by atoms with Crippen LogP contribution in [-0.2, 0) is 65.2 Å². The second kappa shape index (κ2) is 467. The maximum Gasteiger partial charge on any atom is 3.00 e. The van der Waals surface area contributed by atoms with E-state index in [1.54, 1.807) is 14.2 Å². The van der Waals surface area contributed by atoms with Crippen LogP contribution < -0.4 is 12.4 Å². The summed E-state index contributed by atoms with van der Waals surface area (Å²) in [5.74, 6) is 0. The molecule has 0 saturated carbocycles. The van der Waals surface area contributed by atoms with Gasteiger partial charge in [-0.05, 0) is 6.92 Å². The summed E-state index contributed by atoms with van der Waals surface area (Å²) in [6, 6.07) is 0. The van der Waals surface area contributed by atoms with E-state index in [4.69, 9.17) is 71.0 Å². The Morgan fingerprint density at radius 1 is 0.591 bits per heavy atom. The van der Waals surface area contributed by atoms with Crippen LogP contribution in [0.4, 0.5) is 0 Å². The third-order valence-electron chi connectivity index (χ3n) is 0.664. The number of methoxy groups -OCH3 is 2. The fourth-order valence-electron chi connectivity index (χ4n) is 0.0962. The van der Waals surface area contributed by atoms with Gasteiger partial charge in [-0.25, -0.2) is 0 Å². The van der Waals surface area contributed by atoms with Gasteiger partial charge in [-0.2, -0.15) is 0 Å². The predicted octanol–water partition coefficient (Wildman–Crippen LogP) is -1.80. The summed E-state index contributed by atoms with van der Waals surface area (Å²) in [5.41, 5.74) is 0. The molecule has 0 aromatic rings. The Kier molecular flexibility index (Phi) is 1790. The second-order valence-corrected chi connectivity index (χ2v) is 1.04. The summed E-state index contributed by atoms with van der Waals surface area (Å²) in [4.78, 5) is 0. The first-order chi connectivity index (χ1) is 8.81. The van der Waals surface area contributed by atoms with Crippen molar-refractivity contribution >= 4 is 0 Å². The minimum absolute atomic E-state index is 0. The van der Waals surface area contributed by atoms with Gasteiger partial charge >= 0.3 is 55.7 Å². The molecule has 0 aliphatic heterocycles. The van der Waals surface area contributed by atoms with Gasteiger partial charge in [-0.1, -0.05) is 0 Å². The smallest absolute Gasteiger partial charge is 1.00 e. The molecule has 0 spiro atoms. The fourth-order valence-corrected chi connectivity index (χ4v) is 0.0962. The van der Waals surface area contributed by atoms with E-state index in [9.17, 15) is 0 Å². The Balaban J connectivity index is -0.00000000749. The van der Waals surface area contributed by atoms with Gasteiger partial charge in [0.25, 0.3) is 0 Å². The zero-order chi connectivity index (χ0) is 17.0. The Hall–Kier alpha value is -1.10. The predicted molar refractivity (Wildman–Crippen MR) is 53.3 cm³/mol. The minimum Gasteiger partial charge on any atom is -1.00 e. The molecule has 0 aliphatic rings. The Labute approximate surface area is 175 Å². The zero-order valence-corrected chi connectivity index (χ0v) is 19.9. The first kappa shape index (κ1) is 84.4. The summed E-state index contributed by atoms with van der Waals surface area (Å²) < 4.78 is 9.35. The standard InChI is InChI=1S/C4H10O2.6CN.ClH.Co.2Zn/c1-4(5-2)6-3;6*1-2;;;;/h4H,1-3H3;;;;;;;1H;;;/q;6*-1;;+3;2*+2/p-1. The molecule has 22 heavy (non-hydrogen) atoms. The van der Waals surface area contributed by atoms with Gasteiger partial charge < -0.3 is 92.9 Å². The van der Waals surface area contributed by atoms with E-state index in [-0.39, 0.29) is 74.4 Å². The van der Waals surface area contributed by atoms with Crippen LogP contribution in [-0.4, -0.2) is 20.5 Å². The maximum atomic E-state index is 6.25. The summed E-state index contributed by atoms with van der Waals surface area (Å²) >= 11 is 0. The van der Waals surface area contributed by atoms with E-state index in [0.29, 0.717) is 0 Å². The van der Waals surface area contributed by atoms with Crippen molar-refractivity contribution in [2.24, 2.45) is 0 Å². The van der Waals surface area contributed by atoms with Crippen LogP contribution in [0.15, 0.2) is 0 Å². The molecular formula is C10H10ClCoN6O2Zn2. The van der Waals surface area contributed by atoms with E-state index in [1.165, 1.54) is 0 Å². The van der Waals surface area contributed by atoms with Gasteiger partial charge in [-0.3, -0.25) is 0 Å². The van der Waals surface area contributed by atoms with E-state index < -0.39 is 0 Å². The van der Waals surface area contributed by atoms with E-state index in [0.717, 1.165) is 0 Å². The molecule has 0 bridgehead atoms. The van der Waals surface area contributed by atoms with Crippen molar-refractivity contribution in [3.05, 3.63) is 39.4 Å². The topological polar surface area (TPSA) is 161 Å². The van der Waals surface area contributed by atoms with Crippen molar-refractivity contribution in [1.29, 1.82) is 31.6 Å². The normalized spacial score (nSPS) is 3.27. The molecule has 0 rings (SSSR count). The monoisotopic (exact) mass is 468 g/mol. The molecule has 0 unspecified atom stereocenters. The number of rotatable bonds is 2. The van der Waals surface area contributed by atoms with Crippen LogP contribution in [0.3, 0.4) is 0 Å². The Bertz CT molecular complexity index is 174. The quantitative estimate of drug-likeness (QED) is 0.259. The summed E-state index contributed by atoms with van der Waals surface area (Å²) in [6.45, 7) is 30.3. The number of hydrogen-bond acceptors (Lipinski definition) is 8. The molecule has 112 valence electrons. The van der Waals surface area contributed by atoms with Crippen LogP contribution in [0, 0.1) is 71.0 Å². The van der Waals surface area contributed by atoms with Crippen molar-refractivity contribution in [3.63, 3.8) is 0 Å². The van der Waals surface area contributed by atoms with Gasteiger partial charge in [-0.15, -0.1) is 0 Å². The molecule has 0 radical (unpaired) electrons. The van der Waals surface area contributed by atoms with E-state index >= 15 is 0 Å². The number of halogens is 1. The third kappa shape index (κ3) is 719. The van der Waals surface area contributed by atoms with Gasteiger partial charge in [0.15, 0.2) is 6.29 Å². The molecule has 0 N–H and O–H groups in total. The SMILES string of the molecule is COC(C)OC.[C-]#N.[C-]#N.[C-]#N.[C-]#N.[C-]#N.[C-]#N.[Cl-].[Co+3].[Zn+2].[Zn+2]. The van der Waals surface area contributed by atoms with Crippen molar-refractivity contribution < 1.29 is 77.6 Å². The average molecular weight is 471 g/mol. The molecule has 0 heterocycles. The van der Waals surface area contributed by atoms with Crippen LogP contribution in [0.5, 0.6) is 0 Å². The van der Waals surface area contributed by atoms with Crippen LogP contribution in [0.1, 0.15) is 6.92 Å². The molecule has 0 aliphatic carbocycles. The number of hydrogen-bond donors (Lipinski definition) is 0. The Morgan fingerprint density at radius 3 is 0.682 bits per heavy atom. The third-order valence-corrected chi connectivity index (χ3v) is 0.664. The first-order valence-corrected chi connectivity index (χ1v) is 3.21. The van der Waals surface area contributed by atoms with Gasteiger partial charge in [0.05, 0.1) is 0 Å². The molecule has 0 aromatic heterocycles. The molecule has 12 heteroatoms. The van der Waals surface area contributed by atoms with Crippen molar-refractivity contribution in [1.82, 2.24) is 0 Å². The van der Waals surface area contributed by atoms with Crippen molar-refractivity contribution in [3.8, 4) is 0 Å².